The molecule has 1 nitrogen and oxygen atoms in total. The first-order valence-corrected chi connectivity index (χ1v) is 4.08. The molecule has 4 unspecified atom stereocenters. The van der Waals surface area contributed by atoms with Crippen LogP contribution in [0.3, 0.4) is 0 Å². The summed E-state index contributed by atoms with van der Waals surface area (Å²) in [5.74, 6) is 3.35. The minimum absolute atomic E-state index is 0.400. The fraction of sp³-hybridized carbons (Fsp3) is 0.667. The molecule has 0 N–H and O–H groups in total. The highest BCUT2D eigenvalue weighted by molar-refractivity contribution is 5.94. The van der Waals surface area contributed by atoms with Crippen molar-refractivity contribution in [2.24, 2.45) is 23.7 Å². The van der Waals surface area contributed by atoms with E-state index < -0.39 is 0 Å². The molecule has 52 valence electrons. The molecule has 2 fully saturated rings. The summed E-state index contributed by atoms with van der Waals surface area (Å²) in [6, 6.07) is 0. The zero-order valence-corrected chi connectivity index (χ0v) is 5.79. The molecule has 0 saturated heterocycles. The maximum absolute atomic E-state index is 11.1. The average molecular weight is 134 g/mol. The first-order chi connectivity index (χ1) is 4.86. The van der Waals surface area contributed by atoms with E-state index in [1.54, 1.807) is 0 Å². The van der Waals surface area contributed by atoms with Crippen LogP contribution in [-0.2, 0) is 4.79 Å². The van der Waals surface area contributed by atoms with Crippen LogP contribution in [0.15, 0.2) is 12.2 Å². The summed E-state index contributed by atoms with van der Waals surface area (Å²) in [6.45, 7) is 0. The van der Waals surface area contributed by atoms with Gasteiger partial charge in [0.1, 0.15) is 0 Å². The summed E-state index contributed by atoms with van der Waals surface area (Å²) in [7, 11) is 0. The van der Waals surface area contributed by atoms with Crippen LogP contribution in [0.25, 0.3) is 0 Å². The van der Waals surface area contributed by atoms with Crippen molar-refractivity contribution in [2.45, 2.75) is 12.8 Å². The Morgan fingerprint density at radius 2 is 2.20 bits per heavy atom. The second-order valence-corrected chi connectivity index (χ2v) is 3.83. The highest BCUT2D eigenvalue weighted by Crippen LogP contribution is 2.60. The maximum Gasteiger partial charge on any atom is 0.158 e. The lowest BCUT2D eigenvalue weighted by atomic mass is 10.2. The second kappa shape index (κ2) is 1.36. The van der Waals surface area contributed by atoms with E-state index in [9.17, 15) is 4.79 Å². The fourth-order valence-electron chi connectivity index (χ4n) is 2.31. The van der Waals surface area contributed by atoms with E-state index in [1.807, 2.05) is 6.08 Å². The first-order valence-electron chi connectivity index (χ1n) is 4.08. The van der Waals surface area contributed by atoms with Crippen molar-refractivity contribution in [3.05, 3.63) is 12.2 Å². The van der Waals surface area contributed by atoms with Gasteiger partial charge in [-0.15, -0.1) is 0 Å². The highest BCUT2D eigenvalue weighted by atomic mass is 16.1. The van der Waals surface area contributed by atoms with E-state index in [1.165, 1.54) is 12.8 Å². The molecule has 10 heavy (non-hydrogen) atoms. The summed E-state index contributed by atoms with van der Waals surface area (Å²) in [6.07, 6.45) is 6.51. The molecule has 3 aliphatic rings. The molecular weight excluding hydrogens is 124 g/mol. The van der Waals surface area contributed by atoms with Gasteiger partial charge in [0.15, 0.2) is 5.78 Å². The minimum Gasteiger partial charge on any atom is -0.295 e. The molecule has 0 aromatic carbocycles. The number of ketones is 1. The molecule has 1 heteroatoms. The Hall–Kier alpha value is -0.590. The van der Waals surface area contributed by atoms with Gasteiger partial charge >= 0.3 is 0 Å². The molecule has 0 amide bonds. The van der Waals surface area contributed by atoms with E-state index in [0.29, 0.717) is 11.7 Å². The van der Waals surface area contributed by atoms with Crippen molar-refractivity contribution in [1.29, 1.82) is 0 Å². The topological polar surface area (TPSA) is 17.1 Å². The van der Waals surface area contributed by atoms with Gasteiger partial charge in [0.2, 0.25) is 0 Å². The molecule has 0 aromatic heterocycles. The summed E-state index contributed by atoms with van der Waals surface area (Å²) >= 11 is 0. The third kappa shape index (κ3) is 0.511. The van der Waals surface area contributed by atoms with Crippen molar-refractivity contribution in [1.82, 2.24) is 0 Å². The predicted molar refractivity (Wildman–Crippen MR) is 37.3 cm³/mol. The third-order valence-corrected chi connectivity index (χ3v) is 3.15. The monoisotopic (exact) mass is 134 g/mol. The average Bonchev–Trinajstić information content (AvgIpc) is 2.71. The Labute approximate surface area is 60.1 Å². The Balaban J connectivity index is 1.97. The number of hydrogen-bond donors (Lipinski definition) is 0. The van der Waals surface area contributed by atoms with Crippen LogP contribution >= 0.6 is 0 Å². The molecule has 0 bridgehead atoms. The van der Waals surface area contributed by atoms with Crippen molar-refractivity contribution < 1.29 is 4.79 Å². The zero-order chi connectivity index (χ0) is 6.72. The van der Waals surface area contributed by atoms with Crippen molar-refractivity contribution in [3.63, 3.8) is 0 Å². The lowest BCUT2D eigenvalue weighted by Gasteiger charge is -1.87. The quantitative estimate of drug-likeness (QED) is 0.489. The van der Waals surface area contributed by atoms with Gasteiger partial charge < -0.3 is 0 Å². The number of hydrogen-bond acceptors (Lipinski definition) is 1. The third-order valence-electron chi connectivity index (χ3n) is 3.15. The van der Waals surface area contributed by atoms with E-state index in [0.717, 1.165) is 17.8 Å². The van der Waals surface area contributed by atoms with Gasteiger partial charge in [-0.25, -0.2) is 0 Å². The number of fused-ring (bicyclic) bond motifs is 3. The van der Waals surface area contributed by atoms with E-state index in [-0.39, 0.29) is 0 Å². The van der Waals surface area contributed by atoms with Gasteiger partial charge in [-0.05, 0) is 36.7 Å². The smallest absolute Gasteiger partial charge is 0.158 e. The molecule has 3 rings (SSSR count). The van der Waals surface area contributed by atoms with Crippen LogP contribution in [0.5, 0.6) is 0 Å². The van der Waals surface area contributed by atoms with Gasteiger partial charge in [0.25, 0.3) is 0 Å². The Bertz CT molecular complexity index is 229. The molecule has 0 heterocycles. The zero-order valence-electron chi connectivity index (χ0n) is 5.79. The predicted octanol–water partition coefficient (Wildman–Crippen LogP) is 1.40. The van der Waals surface area contributed by atoms with Crippen LogP contribution in [0.4, 0.5) is 0 Å². The normalized spacial score (nSPS) is 55.0. The number of allylic oxidation sites excluding steroid dienone is 2. The van der Waals surface area contributed by atoms with E-state index >= 15 is 0 Å². The van der Waals surface area contributed by atoms with Gasteiger partial charge in [-0.1, -0.05) is 6.08 Å². The summed E-state index contributed by atoms with van der Waals surface area (Å²) in [4.78, 5) is 11.1. The molecule has 3 aliphatic carbocycles. The Morgan fingerprint density at radius 1 is 1.30 bits per heavy atom. The SMILES string of the molecule is O=C1C=CC2CC2C2CC12. The van der Waals surface area contributed by atoms with Gasteiger partial charge in [-0.2, -0.15) is 0 Å². The van der Waals surface area contributed by atoms with Crippen molar-refractivity contribution in [3.8, 4) is 0 Å². The van der Waals surface area contributed by atoms with Crippen LogP contribution in [-0.4, -0.2) is 5.78 Å². The summed E-state index contributed by atoms with van der Waals surface area (Å²) in [5.41, 5.74) is 0. The molecule has 2 saturated carbocycles. The largest absolute Gasteiger partial charge is 0.295 e. The molecular formula is C9H10O. The van der Waals surface area contributed by atoms with Gasteiger partial charge in [0, 0.05) is 5.92 Å². The van der Waals surface area contributed by atoms with Crippen molar-refractivity contribution in [2.75, 3.05) is 0 Å². The second-order valence-electron chi connectivity index (χ2n) is 3.83. The molecule has 0 radical (unpaired) electrons. The molecule has 0 aliphatic heterocycles. The number of carbonyl (C=O) groups is 1. The first kappa shape index (κ1) is 5.11. The van der Waals surface area contributed by atoms with Crippen LogP contribution in [0, 0.1) is 23.7 Å². The van der Waals surface area contributed by atoms with Gasteiger partial charge in [-0.3, -0.25) is 4.79 Å². The number of carbonyl (C=O) groups excluding carboxylic acids is 1. The lowest BCUT2D eigenvalue weighted by Crippen LogP contribution is -1.96. The number of rotatable bonds is 0. The van der Waals surface area contributed by atoms with E-state index in [2.05, 4.69) is 6.08 Å². The van der Waals surface area contributed by atoms with E-state index in [4.69, 9.17) is 0 Å². The summed E-state index contributed by atoms with van der Waals surface area (Å²) < 4.78 is 0. The molecule has 0 aromatic rings. The minimum atomic E-state index is 0.400. The highest BCUT2D eigenvalue weighted by Gasteiger charge is 2.56. The molecule has 4 atom stereocenters. The maximum atomic E-state index is 11.1. The summed E-state index contributed by atoms with van der Waals surface area (Å²) in [5, 5.41) is 0. The van der Waals surface area contributed by atoms with Crippen molar-refractivity contribution >= 4 is 5.78 Å². The fourth-order valence-corrected chi connectivity index (χ4v) is 2.31. The van der Waals surface area contributed by atoms with Crippen LogP contribution in [0.1, 0.15) is 12.8 Å². The Morgan fingerprint density at radius 3 is 3.10 bits per heavy atom. The lowest BCUT2D eigenvalue weighted by molar-refractivity contribution is -0.116. The molecule has 0 spiro atoms. The van der Waals surface area contributed by atoms with Crippen LogP contribution < -0.4 is 0 Å². The van der Waals surface area contributed by atoms with Crippen LogP contribution in [0.2, 0.25) is 0 Å². The standard InChI is InChI=1S/C9H10O/c10-9-2-1-5-3-6(5)7-4-8(7)9/h1-2,5-8H,3-4H2. The Kier molecular flexibility index (Phi) is 0.697. The van der Waals surface area contributed by atoms with Gasteiger partial charge in [0.05, 0.1) is 0 Å².